The van der Waals surface area contributed by atoms with Crippen molar-refractivity contribution in [3.05, 3.63) is 41.5 Å². The number of nitrogens with zero attached hydrogens (tertiary/aromatic N) is 1. The first-order valence-corrected chi connectivity index (χ1v) is 23.0. The van der Waals surface area contributed by atoms with Crippen molar-refractivity contribution in [2.45, 2.75) is 148 Å². The van der Waals surface area contributed by atoms with Gasteiger partial charge in [-0.05, 0) is 110 Å². The molecule has 1 amide bonds. The van der Waals surface area contributed by atoms with E-state index in [2.05, 4.69) is 48.2 Å². The lowest BCUT2D eigenvalue weighted by Gasteiger charge is -2.82. The first-order chi connectivity index (χ1) is 28.9. The summed E-state index contributed by atoms with van der Waals surface area (Å²) in [5, 5.41) is 82.4. The Hall–Kier alpha value is -2.69. The van der Waals surface area contributed by atoms with E-state index in [0.717, 1.165) is 31.4 Å². The molecule has 9 aliphatic rings. The van der Waals surface area contributed by atoms with Gasteiger partial charge in [0.15, 0.2) is 6.29 Å². The van der Waals surface area contributed by atoms with Gasteiger partial charge in [-0.2, -0.15) is 0 Å². The summed E-state index contributed by atoms with van der Waals surface area (Å²) in [5.74, 6) is -2.16. The number of nitrogens with one attached hydrogen (secondary N) is 2. The zero-order chi connectivity index (χ0) is 43.3. The van der Waals surface area contributed by atoms with Crippen molar-refractivity contribution in [1.82, 2.24) is 15.3 Å². The van der Waals surface area contributed by atoms with Gasteiger partial charge in [-0.15, -0.1) is 0 Å². The quantitative estimate of drug-likeness (QED) is 0.136. The summed E-state index contributed by atoms with van der Waals surface area (Å²) in [4.78, 5) is 34.5. The van der Waals surface area contributed by atoms with Crippen molar-refractivity contribution < 1.29 is 54.8 Å². The number of carboxylic acid groups (broad SMARTS) is 1. The fraction of sp³-hybridized carbons (Fsp3) is 0.809. The lowest BCUT2D eigenvalue weighted by molar-refractivity contribution is -0.357. The number of amides is 1. The SMILES string of the molecule is C[C@]1(CO)CC[C@]2(C(=O)O)CC[C@@]34CCC5=C[C@H]([C@H]6CC(=O)N[C@@H]6Cc6cnc[nH]6)[C@H]6[C@@H](O)[C@@H](O[C@@H]7OC[C@@H](O)[C@H](O)[C@H]7O)[C@@](C)(CO)[C@H]7CC[C@]3(C)[C@]5(CC=C4[C@@H]2C1)[C@@]67C. The Labute approximate surface area is 357 Å². The standard InChI is InChI=1S/C47H67N3O11/c1-41(21-51)11-12-45(40(58)59)13-14-46-9-5-24-15-27(26-17-33(54)50-30(26)16-25-19-48-23-49-25)34-36(56)38(61-39-37(57)35(55)31(53)20-60-39)42(2,22-52)32-7-8-43(46,3)47(24,44(32,34)4)10-6-28(46)29(45)18-41/h6,15,19,23,26-27,29-32,34-39,51-53,55-57H,5,7-14,16-18,20-22H2,1-4H3,(H,48,49)(H,50,54)(H,58,59)/t26-,27-,29+,30-,31-,32-,34+,35+,36-,37-,38-,39+,41+,42+,43+,44-,45+,46-,47-/m1/s1. The van der Waals surface area contributed by atoms with E-state index in [1.54, 1.807) is 12.5 Å². The number of aliphatic carboxylic acids is 1. The van der Waals surface area contributed by atoms with Gasteiger partial charge in [0, 0.05) is 54.1 Å². The molecule has 1 aromatic rings. The number of carboxylic acids is 1. The Balaban J connectivity index is 1.16. The number of H-pyrrole nitrogens is 1. The molecule has 2 spiro atoms. The fourth-order valence-corrected chi connectivity index (χ4v) is 17.4. The van der Waals surface area contributed by atoms with E-state index in [1.165, 1.54) is 11.1 Å². The summed E-state index contributed by atoms with van der Waals surface area (Å²) < 4.78 is 12.5. The number of hydrogen-bond acceptors (Lipinski definition) is 11. The second-order valence-electron chi connectivity index (χ2n) is 22.3. The smallest absolute Gasteiger partial charge is 0.310 e. The summed E-state index contributed by atoms with van der Waals surface area (Å²) in [5.41, 5.74) is -0.634. The van der Waals surface area contributed by atoms with E-state index in [4.69, 9.17) is 9.47 Å². The number of hydrogen-bond donors (Lipinski definition) is 9. The van der Waals surface area contributed by atoms with Gasteiger partial charge in [-0.25, -0.2) is 4.98 Å². The molecule has 14 heteroatoms. The molecule has 2 aliphatic heterocycles. The van der Waals surface area contributed by atoms with E-state index >= 15 is 0 Å². The molecule has 7 fully saturated rings. The first-order valence-electron chi connectivity index (χ1n) is 23.0. The van der Waals surface area contributed by atoms with Crippen molar-refractivity contribution in [3.63, 3.8) is 0 Å². The molecule has 1 aromatic heterocycles. The van der Waals surface area contributed by atoms with Crippen LogP contribution in [0.5, 0.6) is 0 Å². The molecule has 7 aliphatic carbocycles. The Morgan fingerprint density at radius 1 is 0.984 bits per heavy atom. The van der Waals surface area contributed by atoms with Gasteiger partial charge >= 0.3 is 5.97 Å². The maximum atomic E-state index is 13.5. The van der Waals surface area contributed by atoms with E-state index in [1.807, 2.05) is 6.92 Å². The van der Waals surface area contributed by atoms with Crippen LogP contribution in [0.25, 0.3) is 0 Å². The van der Waals surface area contributed by atoms with Gasteiger partial charge in [0.25, 0.3) is 0 Å². The van der Waals surface area contributed by atoms with Crippen molar-refractivity contribution in [2.75, 3.05) is 19.8 Å². The number of carbonyl (C=O) groups excluding carboxylic acids is 1. The largest absolute Gasteiger partial charge is 0.481 e. The number of aliphatic hydroxyl groups excluding tert-OH is 6. The van der Waals surface area contributed by atoms with Crippen LogP contribution in [-0.2, 0) is 25.5 Å². The molecular weight excluding hydrogens is 783 g/mol. The van der Waals surface area contributed by atoms with Gasteiger partial charge in [0.05, 0.1) is 37.2 Å². The maximum Gasteiger partial charge on any atom is 0.310 e. The molecule has 10 rings (SSSR count). The average Bonchev–Trinajstić information content (AvgIpc) is 3.88. The van der Waals surface area contributed by atoms with Crippen LogP contribution in [-0.4, -0.2) is 120 Å². The molecule has 0 aromatic carbocycles. The zero-order valence-corrected chi connectivity index (χ0v) is 36.1. The number of carbonyl (C=O) groups is 2. The van der Waals surface area contributed by atoms with Gasteiger partial charge in [0.2, 0.25) is 5.91 Å². The number of aromatic amines is 1. The van der Waals surface area contributed by atoms with Crippen molar-refractivity contribution in [3.8, 4) is 0 Å². The number of fused-ring (bicyclic) bond motifs is 2. The molecule has 61 heavy (non-hydrogen) atoms. The summed E-state index contributed by atoms with van der Waals surface area (Å²) in [6.07, 6.45) is 7.99. The minimum absolute atomic E-state index is 0.0135. The van der Waals surface area contributed by atoms with Crippen LogP contribution in [0.3, 0.4) is 0 Å². The van der Waals surface area contributed by atoms with Gasteiger partial charge in [-0.1, -0.05) is 51.0 Å². The topological polar surface area (TPSA) is 235 Å². The minimum Gasteiger partial charge on any atom is -0.481 e. The molecule has 9 N–H and O–H groups in total. The Bertz CT molecular complexity index is 2010. The molecule has 2 bridgehead atoms. The van der Waals surface area contributed by atoms with Crippen LogP contribution in [0.1, 0.15) is 104 Å². The molecule has 5 saturated carbocycles. The molecule has 19 atom stereocenters. The number of aliphatic hydroxyl groups is 6. The van der Waals surface area contributed by atoms with E-state index in [9.17, 15) is 45.3 Å². The van der Waals surface area contributed by atoms with E-state index in [0.29, 0.717) is 44.9 Å². The lowest BCUT2D eigenvalue weighted by Crippen LogP contribution is -2.79. The molecular formula is C47H67N3O11. The maximum absolute atomic E-state index is 13.5. The normalized spacial score (nSPS) is 53.4. The number of ether oxygens (including phenoxy) is 2. The molecule has 0 unspecified atom stereocenters. The number of rotatable bonds is 8. The summed E-state index contributed by atoms with van der Waals surface area (Å²) in [6.45, 7) is 8.30. The third-order valence-electron chi connectivity index (χ3n) is 20.3. The Morgan fingerprint density at radius 3 is 2.46 bits per heavy atom. The van der Waals surface area contributed by atoms with E-state index < -0.39 is 70.4 Å². The molecule has 3 heterocycles. The predicted molar refractivity (Wildman–Crippen MR) is 219 cm³/mol. The van der Waals surface area contributed by atoms with Crippen LogP contribution in [0.2, 0.25) is 0 Å². The van der Waals surface area contributed by atoms with Crippen molar-refractivity contribution >= 4 is 11.9 Å². The zero-order valence-electron chi connectivity index (χ0n) is 36.1. The minimum atomic E-state index is -1.60. The van der Waals surface area contributed by atoms with Crippen LogP contribution in [0.4, 0.5) is 0 Å². The molecule has 336 valence electrons. The Morgan fingerprint density at radius 2 is 1.75 bits per heavy atom. The van der Waals surface area contributed by atoms with Gasteiger partial charge in [0.1, 0.15) is 18.3 Å². The van der Waals surface area contributed by atoms with Gasteiger partial charge < -0.3 is 55.5 Å². The van der Waals surface area contributed by atoms with E-state index in [-0.39, 0.29) is 78.1 Å². The highest BCUT2D eigenvalue weighted by atomic mass is 16.7. The highest BCUT2D eigenvalue weighted by Crippen LogP contribution is 2.87. The lowest BCUT2D eigenvalue weighted by atomic mass is 9.22. The first kappa shape index (κ1) is 42.3. The third-order valence-corrected chi connectivity index (χ3v) is 20.3. The molecule has 2 saturated heterocycles. The number of aromatic nitrogens is 2. The number of allylic oxidation sites excluding steroid dienone is 4. The highest BCUT2D eigenvalue weighted by Gasteiger charge is 2.82. The van der Waals surface area contributed by atoms with Crippen LogP contribution >= 0.6 is 0 Å². The second kappa shape index (κ2) is 13.9. The van der Waals surface area contributed by atoms with Crippen LogP contribution in [0, 0.1) is 67.5 Å². The van der Waals surface area contributed by atoms with Crippen molar-refractivity contribution in [2.24, 2.45) is 67.5 Å². The number of imidazole rings is 1. The predicted octanol–water partition coefficient (Wildman–Crippen LogP) is 3.01. The summed E-state index contributed by atoms with van der Waals surface area (Å²) >= 11 is 0. The fourth-order valence-electron chi connectivity index (χ4n) is 17.4. The average molecular weight is 850 g/mol. The summed E-state index contributed by atoms with van der Waals surface area (Å²) in [6, 6.07) is -0.249. The Kier molecular flexibility index (Phi) is 9.64. The second-order valence-corrected chi connectivity index (χ2v) is 22.3. The molecule has 14 nitrogen and oxygen atoms in total. The monoisotopic (exact) mass is 849 g/mol. The van der Waals surface area contributed by atoms with Crippen LogP contribution < -0.4 is 5.32 Å². The van der Waals surface area contributed by atoms with Crippen molar-refractivity contribution in [1.29, 1.82) is 0 Å². The van der Waals surface area contributed by atoms with Gasteiger partial charge in [-0.3, -0.25) is 9.59 Å². The third kappa shape index (κ3) is 5.22. The van der Waals surface area contributed by atoms with Crippen LogP contribution in [0.15, 0.2) is 35.8 Å². The summed E-state index contributed by atoms with van der Waals surface area (Å²) in [7, 11) is 0. The molecule has 0 radical (unpaired) electrons. The highest BCUT2D eigenvalue weighted by molar-refractivity contribution is 5.79.